The number of benzene rings is 1. The Hall–Kier alpha value is -1.06. The Morgan fingerprint density at radius 2 is 1.84 bits per heavy atom. The number of amides is 1. The molecule has 1 aromatic carbocycles. The number of carbonyl (C=O) groups is 1. The van der Waals surface area contributed by atoms with E-state index in [4.69, 9.17) is 11.6 Å². The molecular formula is C15H21ClN2O. The van der Waals surface area contributed by atoms with Gasteiger partial charge in [0.25, 0.3) is 0 Å². The molecule has 2 rings (SSSR count). The van der Waals surface area contributed by atoms with Crippen molar-refractivity contribution in [3.63, 3.8) is 0 Å². The van der Waals surface area contributed by atoms with Crippen molar-refractivity contribution in [3.8, 4) is 0 Å². The van der Waals surface area contributed by atoms with Crippen molar-refractivity contribution in [2.24, 2.45) is 0 Å². The molecule has 104 valence electrons. The summed E-state index contributed by atoms with van der Waals surface area (Å²) in [6.07, 6.45) is 0. The average molecular weight is 281 g/mol. The van der Waals surface area contributed by atoms with Crippen LogP contribution in [-0.4, -0.2) is 47.8 Å². The second-order valence-electron chi connectivity index (χ2n) is 5.21. The minimum Gasteiger partial charge on any atom is -0.339 e. The van der Waals surface area contributed by atoms with Gasteiger partial charge >= 0.3 is 0 Å². The molecule has 0 bridgehead atoms. The van der Waals surface area contributed by atoms with Gasteiger partial charge in [0.1, 0.15) is 5.88 Å². The first kappa shape index (κ1) is 14.4. The van der Waals surface area contributed by atoms with Gasteiger partial charge < -0.3 is 4.90 Å². The van der Waals surface area contributed by atoms with E-state index in [9.17, 15) is 4.79 Å². The standard InChI is InChI=1S/C15H21ClN2O/c1-12-3-4-14(9-13(12)2)11-17-5-7-18(8-6-17)15(19)10-16/h3-4,9H,5-8,10-11H2,1-2H3. The molecule has 0 unspecified atom stereocenters. The van der Waals surface area contributed by atoms with Crippen molar-refractivity contribution in [1.29, 1.82) is 0 Å². The number of hydrogen-bond donors (Lipinski definition) is 0. The maximum atomic E-state index is 11.5. The zero-order chi connectivity index (χ0) is 13.8. The van der Waals surface area contributed by atoms with Crippen LogP contribution in [0.1, 0.15) is 16.7 Å². The predicted molar refractivity (Wildman–Crippen MR) is 78.5 cm³/mol. The molecule has 1 saturated heterocycles. The molecule has 1 aromatic rings. The lowest BCUT2D eigenvalue weighted by atomic mass is 10.1. The maximum Gasteiger partial charge on any atom is 0.237 e. The first-order valence-corrected chi connectivity index (χ1v) is 7.26. The topological polar surface area (TPSA) is 23.6 Å². The second kappa shape index (κ2) is 6.40. The van der Waals surface area contributed by atoms with E-state index in [1.54, 1.807) is 0 Å². The highest BCUT2D eigenvalue weighted by Crippen LogP contribution is 2.13. The van der Waals surface area contributed by atoms with Crippen molar-refractivity contribution in [3.05, 3.63) is 34.9 Å². The molecule has 0 N–H and O–H groups in total. The summed E-state index contributed by atoms with van der Waals surface area (Å²) in [5.41, 5.74) is 4.02. The normalized spacial score (nSPS) is 16.7. The van der Waals surface area contributed by atoms with Crippen molar-refractivity contribution < 1.29 is 4.79 Å². The minimum atomic E-state index is 0.0486. The summed E-state index contributed by atoms with van der Waals surface area (Å²) in [4.78, 5) is 15.7. The summed E-state index contributed by atoms with van der Waals surface area (Å²) in [5, 5.41) is 0. The lowest BCUT2D eigenvalue weighted by molar-refractivity contribution is -0.130. The maximum absolute atomic E-state index is 11.5. The van der Waals surface area contributed by atoms with Crippen LogP contribution in [0.2, 0.25) is 0 Å². The van der Waals surface area contributed by atoms with E-state index >= 15 is 0 Å². The highest BCUT2D eigenvalue weighted by atomic mass is 35.5. The van der Waals surface area contributed by atoms with Crippen molar-refractivity contribution in [2.45, 2.75) is 20.4 Å². The number of nitrogens with zero attached hydrogens (tertiary/aromatic N) is 2. The summed E-state index contributed by atoms with van der Waals surface area (Å²) in [6, 6.07) is 6.63. The van der Waals surface area contributed by atoms with Gasteiger partial charge in [-0.15, -0.1) is 11.6 Å². The van der Waals surface area contributed by atoms with E-state index in [1.165, 1.54) is 16.7 Å². The molecule has 1 aliphatic rings. The zero-order valence-electron chi connectivity index (χ0n) is 11.7. The van der Waals surface area contributed by atoms with Crippen LogP contribution >= 0.6 is 11.6 Å². The van der Waals surface area contributed by atoms with Crippen molar-refractivity contribution in [2.75, 3.05) is 32.1 Å². The number of aryl methyl sites for hydroxylation is 2. The molecule has 0 saturated carbocycles. The number of alkyl halides is 1. The van der Waals surface area contributed by atoms with Crippen molar-refractivity contribution in [1.82, 2.24) is 9.80 Å². The van der Waals surface area contributed by atoms with Gasteiger partial charge in [-0.1, -0.05) is 18.2 Å². The summed E-state index contributed by atoms with van der Waals surface area (Å²) in [5.74, 6) is 0.143. The van der Waals surface area contributed by atoms with Crippen molar-refractivity contribution >= 4 is 17.5 Å². The number of rotatable bonds is 3. The molecule has 1 heterocycles. The van der Waals surface area contributed by atoms with Gasteiger partial charge in [-0.2, -0.15) is 0 Å². The van der Waals surface area contributed by atoms with E-state index in [1.807, 2.05) is 4.90 Å². The van der Waals surface area contributed by atoms with Crippen LogP contribution in [-0.2, 0) is 11.3 Å². The molecule has 1 fully saturated rings. The summed E-state index contributed by atoms with van der Waals surface area (Å²) < 4.78 is 0. The molecule has 0 radical (unpaired) electrons. The Morgan fingerprint density at radius 3 is 2.42 bits per heavy atom. The third-order valence-corrected chi connectivity index (χ3v) is 4.05. The Bertz CT molecular complexity index is 453. The van der Waals surface area contributed by atoms with Gasteiger partial charge in [0.2, 0.25) is 5.91 Å². The fourth-order valence-electron chi connectivity index (χ4n) is 2.40. The van der Waals surface area contributed by atoms with Gasteiger partial charge in [-0.05, 0) is 30.5 Å². The molecule has 1 amide bonds. The number of hydrogen-bond acceptors (Lipinski definition) is 2. The summed E-state index contributed by atoms with van der Waals surface area (Å²) in [7, 11) is 0. The van der Waals surface area contributed by atoms with E-state index in [0.29, 0.717) is 0 Å². The molecule has 0 aliphatic carbocycles. The SMILES string of the molecule is Cc1ccc(CN2CCN(C(=O)CCl)CC2)cc1C. The minimum absolute atomic E-state index is 0.0486. The molecule has 3 nitrogen and oxygen atoms in total. The Morgan fingerprint density at radius 1 is 1.16 bits per heavy atom. The number of halogens is 1. The number of piperazine rings is 1. The van der Waals surface area contributed by atoms with E-state index in [2.05, 4.69) is 36.9 Å². The first-order valence-electron chi connectivity index (χ1n) is 6.72. The quantitative estimate of drug-likeness (QED) is 0.793. The van der Waals surface area contributed by atoms with Crippen LogP contribution in [0, 0.1) is 13.8 Å². The molecular weight excluding hydrogens is 260 g/mol. The monoisotopic (exact) mass is 280 g/mol. The highest BCUT2D eigenvalue weighted by Gasteiger charge is 2.20. The van der Waals surface area contributed by atoms with Crippen LogP contribution < -0.4 is 0 Å². The highest BCUT2D eigenvalue weighted by molar-refractivity contribution is 6.27. The smallest absolute Gasteiger partial charge is 0.237 e. The molecule has 0 aromatic heterocycles. The van der Waals surface area contributed by atoms with Gasteiger partial charge in [-0.3, -0.25) is 9.69 Å². The fraction of sp³-hybridized carbons (Fsp3) is 0.533. The predicted octanol–water partition coefficient (Wildman–Crippen LogP) is 2.19. The molecule has 0 atom stereocenters. The van der Waals surface area contributed by atoms with Crippen LogP contribution in [0.5, 0.6) is 0 Å². The molecule has 19 heavy (non-hydrogen) atoms. The van der Waals surface area contributed by atoms with Gasteiger partial charge in [0.15, 0.2) is 0 Å². The second-order valence-corrected chi connectivity index (χ2v) is 5.48. The first-order chi connectivity index (χ1) is 9.10. The number of carbonyl (C=O) groups excluding carboxylic acids is 1. The lowest BCUT2D eigenvalue weighted by Gasteiger charge is -2.34. The van der Waals surface area contributed by atoms with Gasteiger partial charge in [-0.25, -0.2) is 0 Å². The fourth-order valence-corrected chi connectivity index (χ4v) is 2.57. The Balaban J connectivity index is 1.88. The van der Waals surface area contributed by atoms with Gasteiger partial charge in [0, 0.05) is 32.7 Å². The van der Waals surface area contributed by atoms with Gasteiger partial charge in [0.05, 0.1) is 0 Å². The average Bonchev–Trinajstić information content (AvgIpc) is 2.43. The molecule has 0 spiro atoms. The van der Waals surface area contributed by atoms with Crippen LogP contribution in [0.3, 0.4) is 0 Å². The summed E-state index contributed by atoms with van der Waals surface area (Å²) >= 11 is 5.58. The molecule has 1 aliphatic heterocycles. The van der Waals surface area contributed by atoms with Crippen LogP contribution in [0.15, 0.2) is 18.2 Å². The lowest BCUT2D eigenvalue weighted by Crippen LogP contribution is -2.48. The third-order valence-electron chi connectivity index (χ3n) is 3.82. The van der Waals surface area contributed by atoms with E-state index < -0.39 is 0 Å². The Labute approximate surface area is 120 Å². The van der Waals surface area contributed by atoms with Crippen LogP contribution in [0.25, 0.3) is 0 Å². The summed E-state index contributed by atoms with van der Waals surface area (Å²) in [6.45, 7) is 8.67. The van der Waals surface area contributed by atoms with E-state index in [0.717, 1.165) is 32.7 Å². The Kier molecular flexibility index (Phi) is 4.83. The molecule has 4 heteroatoms. The zero-order valence-corrected chi connectivity index (χ0v) is 12.4. The largest absolute Gasteiger partial charge is 0.339 e. The van der Waals surface area contributed by atoms with Crippen LogP contribution in [0.4, 0.5) is 0 Å². The van der Waals surface area contributed by atoms with E-state index in [-0.39, 0.29) is 11.8 Å². The third kappa shape index (κ3) is 3.71.